The third-order valence-corrected chi connectivity index (χ3v) is 6.08. The Hall–Kier alpha value is -1.79. The molecule has 1 amide bonds. The third kappa shape index (κ3) is 5.39. The molecule has 1 saturated heterocycles. The van der Waals surface area contributed by atoms with Crippen molar-refractivity contribution in [2.75, 3.05) is 24.5 Å². The first-order valence-corrected chi connectivity index (χ1v) is 10.4. The van der Waals surface area contributed by atoms with Gasteiger partial charge in [0, 0.05) is 31.4 Å². The fraction of sp³-hybridized carbons (Fsp3) is 0.714. The van der Waals surface area contributed by atoms with E-state index in [0.717, 1.165) is 63.7 Å². The van der Waals surface area contributed by atoms with Gasteiger partial charge in [0.2, 0.25) is 6.41 Å². The maximum absolute atomic E-state index is 13.1. The highest BCUT2D eigenvalue weighted by atomic mass is 19.4. The van der Waals surface area contributed by atoms with Crippen molar-refractivity contribution in [2.45, 2.75) is 70.5 Å². The van der Waals surface area contributed by atoms with Crippen LogP contribution in [0.5, 0.6) is 0 Å². The van der Waals surface area contributed by atoms with Gasteiger partial charge in [-0.2, -0.15) is 13.2 Å². The molecule has 1 aromatic heterocycles. The Balaban J connectivity index is 1.61. The van der Waals surface area contributed by atoms with E-state index in [1.54, 1.807) is 6.92 Å². The van der Waals surface area contributed by atoms with Crippen molar-refractivity contribution in [3.63, 3.8) is 0 Å². The number of nitrogens with zero attached hydrogens (tertiary/aromatic N) is 3. The molecule has 1 aromatic rings. The number of alkyl halides is 3. The van der Waals surface area contributed by atoms with E-state index in [0.29, 0.717) is 30.0 Å². The van der Waals surface area contributed by atoms with E-state index in [9.17, 15) is 18.0 Å². The van der Waals surface area contributed by atoms with E-state index >= 15 is 0 Å². The third-order valence-electron chi connectivity index (χ3n) is 6.08. The predicted molar refractivity (Wildman–Crippen MR) is 103 cm³/mol. The molecular weight excluding hydrogens is 367 g/mol. The lowest BCUT2D eigenvalue weighted by atomic mass is 9.92. The summed E-state index contributed by atoms with van der Waals surface area (Å²) in [6, 6.07) is 2.62. The number of rotatable bonds is 6. The Labute approximate surface area is 165 Å². The molecule has 28 heavy (non-hydrogen) atoms. The maximum Gasteiger partial charge on any atom is 0.416 e. The molecule has 2 aliphatic rings. The number of amides is 1. The van der Waals surface area contributed by atoms with E-state index in [-0.39, 0.29) is 0 Å². The Kier molecular flexibility index (Phi) is 6.83. The highest BCUT2D eigenvalue weighted by molar-refractivity contribution is 5.48. The molecule has 1 saturated carbocycles. The Bertz CT molecular complexity index is 659. The van der Waals surface area contributed by atoms with Gasteiger partial charge < -0.3 is 9.80 Å². The molecule has 0 spiro atoms. The first-order chi connectivity index (χ1) is 13.4. The lowest BCUT2D eigenvalue weighted by Crippen LogP contribution is -2.40. The fourth-order valence-electron chi connectivity index (χ4n) is 4.55. The molecule has 1 unspecified atom stereocenters. The van der Waals surface area contributed by atoms with Crippen LogP contribution >= 0.6 is 0 Å². The molecule has 0 radical (unpaired) electrons. The summed E-state index contributed by atoms with van der Waals surface area (Å²) in [6.07, 6.45) is 5.30. The summed E-state index contributed by atoms with van der Waals surface area (Å²) in [5.41, 5.74) is -0.252. The minimum atomic E-state index is -4.36. The van der Waals surface area contributed by atoms with Gasteiger partial charge in [-0.3, -0.25) is 4.79 Å². The van der Waals surface area contributed by atoms with E-state index < -0.39 is 11.7 Å². The molecule has 156 valence electrons. The average Bonchev–Trinajstić information content (AvgIpc) is 2.68. The highest BCUT2D eigenvalue weighted by Gasteiger charge is 2.32. The molecule has 7 heteroatoms. The van der Waals surface area contributed by atoms with Crippen LogP contribution in [0.3, 0.4) is 0 Å². The van der Waals surface area contributed by atoms with Crippen LogP contribution in [0, 0.1) is 12.8 Å². The topological polar surface area (TPSA) is 36.4 Å². The number of hydrogen-bond acceptors (Lipinski definition) is 3. The minimum Gasteiger partial charge on any atom is -0.356 e. The van der Waals surface area contributed by atoms with Gasteiger partial charge in [-0.1, -0.05) is 19.3 Å². The van der Waals surface area contributed by atoms with E-state index in [1.807, 2.05) is 9.80 Å². The Morgan fingerprint density at radius 3 is 2.61 bits per heavy atom. The number of piperidine rings is 1. The van der Waals surface area contributed by atoms with E-state index in [2.05, 4.69) is 4.98 Å². The van der Waals surface area contributed by atoms with Gasteiger partial charge in [0.05, 0.1) is 5.56 Å². The molecule has 1 aliphatic carbocycles. The number of carbonyl (C=O) groups excluding carboxylic acids is 1. The van der Waals surface area contributed by atoms with Crippen molar-refractivity contribution in [3.05, 3.63) is 23.4 Å². The normalized spacial score (nSPS) is 21.6. The zero-order valence-corrected chi connectivity index (χ0v) is 16.5. The molecule has 2 heterocycles. The number of halogens is 3. The summed E-state index contributed by atoms with van der Waals surface area (Å²) in [6.45, 7) is 3.77. The quantitative estimate of drug-likeness (QED) is 0.647. The Morgan fingerprint density at radius 2 is 1.93 bits per heavy atom. The average molecular weight is 397 g/mol. The number of hydrogen-bond donors (Lipinski definition) is 0. The van der Waals surface area contributed by atoms with Gasteiger partial charge in [0.25, 0.3) is 0 Å². The Morgan fingerprint density at radius 1 is 1.18 bits per heavy atom. The number of aromatic nitrogens is 1. The molecule has 3 rings (SSSR count). The number of pyridine rings is 1. The molecule has 1 aliphatic heterocycles. The molecule has 0 N–H and O–H groups in total. The van der Waals surface area contributed by atoms with Gasteiger partial charge in [-0.25, -0.2) is 4.98 Å². The second-order valence-corrected chi connectivity index (χ2v) is 8.23. The zero-order valence-electron chi connectivity index (χ0n) is 16.5. The summed E-state index contributed by atoms with van der Waals surface area (Å²) in [4.78, 5) is 19.8. The smallest absolute Gasteiger partial charge is 0.356 e. The van der Waals surface area contributed by atoms with Crippen LogP contribution in [0.25, 0.3) is 0 Å². The van der Waals surface area contributed by atoms with Crippen LogP contribution in [0.15, 0.2) is 12.1 Å². The standard InChI is InChI=1S/C21H30F3N3O/c1-16-12-18(21(22,23)24)13-20(25-16)26-10-5-6-17(14-26)9-11-27(15-28)19-7-3-2-4-8-19/h12-13,15,17,19H,2-11,14H2,1H3. The SMILES string of the molecule is Cc1cc(C(F)(F)F)cc(N2CCCC(CCN(C=O)C3CCCCC3)C2)n1. The van der Waals surface area contributed by atoms with Crippen molar-refractivity contribution >= 4 is 12.2 Å². The largest absolute Gasteiger partial charge is 0.416 e. The van der Waals surface area contributed by atoms with Crippen LogP contribution < -0.4 is 4.90 Å². The van der Waals surface area contributed by atoms with Crippen LogP contribution in [0.4, 0.5) is 19.0 Å². The second-order valence-electron chi connectivity index (χ2n) is 8.23. The van der Waals surface area contributed by atoms with Gasteiger partial charge >= 0.3 is 6.18 Å². The minimum absolute atomic E-state index is 0.360. The van der Waals surface area contributed by atoms with Crippen LogP contribution in [-0.2, 0) is 11.0 Å². The summed E-state index contributed by atoms with van der Waals surface area (Å²) in [5.74, 6) is 0.785. The summed E-state index contributed by atoms with van der Waals surface area (Å²) in [5, 5.41) is 0. The fourth-order valence-corrected chi connectivity index (χ4v) is 4.55. The summed E-state index contributed by atoms with van der Waals surface area (Å²) < 4.78 is 39.4. The van der Waals surface area contributed by atoms with Crippen LogP contribution in [-0.4, -0.2) is 42.0 Å². The number of aryl methyl sites for hydroxylation is 1. The monoisotopic (exact) mass is 397 g/mol. The van der Waals surface area contributed by atoms with Crippen molar-refractivity contribution in [2.24, 2.45) is 5.92 Å². The van der Waals surface area contributed by atoms with Gasteiger partial charge in [0.1, 0.15) is 5.82 Å². The summed E-state index contributed by atoms with van der Waals surface area (Å²) in [7, 11) is 0. The lowest BCUT2D eigenvalue weighted by Gasteiger charge is -2.36. The first kappa shape index (κ1) is 20.9. The van der Waals surface area contributed by atoms with Crippen molar-refractivity contribution < 1.29 is 18.0 Å². The highest BCUT2D eigenvalue weighted by Crippen LogP contribution is 2.33. The molecule has 4 nitrogen and oxygen atoms in total. The van der Waals surface area contributed by atoms with Gasteiger partial charge in [-0.05, 0) is 57.1 Å². The number of anilines is 1. The summed E-state index contributed by atoms with van der Waals surface area (Å²) >= 11 is 0. The number of carbonyl (C=O) groups is 1. The van der Waals surface area contributed by atoms with Gasteiger partial charge in [0.15, 0.2) is 0 Å². The van der Waals surface area contributed by atoms with Crippen LogP contribution in [0.2, 0.25) is 0 Å². The molecular formula is C21H30F3N3O. The lowest BCUT2D eigenvalue weighted by molar-refractivity contribution is -0.137. The molecule has 1 atom stereocenters. The van der Waals surface area contributed by atoms with Crippen LogP contribution in [0.1, 0.15) is 62.6 Å². The maximum atomic E-state index is 13.1. The molecule has 2 fully saturated rings. The molecule has 0 bridgehead atoms. The predicted octanol–water partition coefficient (Wildman–Crippen LogP) is 4.81. The van der Waals surface area contributed by atoms with Gasteiger partial charge in [-0.15, -0.1) is 0 Å². The second kappa shape index (κ2) is 9.14. The van der Waals surface area contributed by atoms with E-state index in [1.165, 1.54) is 19.3 Å². The zero-order chi connectivity index (χ0) is 20.1. The molecule has 0 aromatic carbocycles. The van der Waals surface area contributed by atoms with Crippen molar-refractivity contribution in [1.82, 2.24) is 9.88 Å². The van der Waals surface area contributed by atoms with Crippen molar-refractivity contribution in [1.29, 1.82) is 0 Å². The van der Waals surface area contributed by atoms with E-state index in [4.69, 9.17) is 0 Å². The van der Waals surface area contributed by atoms with Crippen molar-refractivity contribution in [3.8, 4) is 0 Å². The first-order valence-electron chi connectivity index (χ1n) is 10.4.